The number of nitrogens with zero attached hydrogens (tertiary/aromatic N) is 3. The minimum absolute atomic E-state index is 0.194. The molecule has 0 N–H and O–H groups in total. The van der Waals surface area contributed by atoms with E-state index in [1.807, 2.05) is 30.6 Å². The first-order valence-corrected chi connectivity index (χ1v) is 14.0. The van der Waals surface area contributed by atoms with Crippen molar-refractivity contribution in [3.05, 3.63) is 58.9 Å². The zero-order valence-corrected chi connectivity index (χ0v) is 21.5. The van der Waals surface area contributed by atoms with E-state index >= 15 is 0 Å². The van der Waals surface area contributed by atoms with Gasteiger partial charge in [-0.3, -0.25) is 9.98 Å². The third-order valence-corrected chi connectivity index (χ3v) is 5.45. The summed E-state index contributed by atoms with van der Waals surface area (Å²) in [5.41, 5.74) is 5.46. The number of pyridine rings is 1. The molecule has 1 saturated carbocycles. The second-order valence-corrected chi connectivity index (χ2v) is 10.3. The average molecular weight is 502 g/mol. The summed E-state index contributed by atoms with van der Waals surface area (Å²) in [4.78, 5) is 14.4. The monoisotopic (exact) mass is 501 g/mol. The van der Waals surface area contributed by atoms with Gasteiger partial charge in [0.2, 0.25) is 0 Å². The fraction of sp³-hybridized carbons (Fsp3) is 0.480. The molecule has 3 nitrogen and oxygen atoms in total. The molecule has 0 radical (unpaired) electrons. The molecule has 1 aliphatic carbocycles. The van der Waals surface area contributed by atoms with Gasteiger partial charge < -0.3 is 0 Å². The minimum atomic E-state index is 0.194. The zero-order chi connectivity index (χ0) is 22.6. The standard InChI is InChI=1S/C25H33N3.2ClH.Fe/c1-18(2)23-14-9-15-24(19(3)4)25(23)27-17-22-13-8-12-21(28-22)16-26-20-10-6-5-7-11-20;;;/h8-9,12-20H,5-7,10-11H2,1-4H3;2*1H;/q;;;+2/p-2. The van der Waals surface area contributed by atoms with Crippen LogP contribution >= 0.6 is 20.2 Å². The van der Waals surface area contributed by atoms with Crippen LogP contribution in [-0.2, 0) is 13.1 Å². The van der Waals surface area contributed by atoms with Crippen LogP contribution in [0.25, 0.3) is 0 Å². The topological polar surface area (TPSA) is 37.6 Å². The molecule has 0 saturated heterocycles. The summed E-state index contributed by atoms with van der Waals surface area (Å²) < 4.78 is 0. The molecule has 3 rings (SSSR count). The molecule has 0 spiro atoms. The van der Waals surface area contributed by atoms with Gasteiger partial charge in [-0.05, 0) is 47.9 Å². The van der Waals surface area contributed by atoms with Gasteiger partial charge in [0.25, 0.3) is 0 Å². The van der Waals surface area contributed by atoms with E-state index in [0.29, 0.717) is 17.9 Å². The van der Waals surface area contributed by atoms with E-state index in [2.05, 4.69) is 45.9 Å². The Morgan fingerprint density at radius 3 is 1.94 bits per heavy atom. The summed E-state index contributed by atoms with van der Waals surface area (Å²) in [6, 6.07) is 13.0. The normalized spacial score (nSPS) is 15.2. The van der Waals surface area contributed by atoms with E-state index < -0.39 is 0 Å². The molecule has 0 amide bonds. The molecule has 6 heteroatoms. The summed E-state index contributed by atoms with van der Waals surface area (Å²) in [5, 5.41) is 0. The van der Waals surface area contributed by atoms with Crippen molar-refractivity contribution in [2.75, 3.05) is 0 Å². The van der Waals surface area contributed by atoms with Gasteiger partial charge in [-0.1, -0.05) is 71.2 Å². The van der Waals surface area contributed by atoms with Gasteiger partial charge in [0.15, 0.2) is 0 Å². The number of aromatic nitrogens is 1. The fourth-order valence-corrected chi connectivity index (χ4v) is 3.82. The van der Waals surface area contributed by atoms with E-state index in [1.165, 1.54) is 43.2 Å². The Bertz CT molecular complexity index is 833. The average Bonchev–Trinajstić information content (AvgIpc) is 2.77. The SMILES string of the molecule is CC(C)c1cccc(C(C)C)c1N=Cc1cccc(C=NC2CCCCC2)n1.[Cl][Fe][Cl]. The molecular weight excluding hydrogens is 469 g/mol. The van der Waals surface area contributed by atoms with Gasteiger partial charge in [-0.2, -0.15) is 0 Å². The second-order valence-electron chi connectivity index (χ2n) is 8.46. The van der Waals surface area contributed by atoms with E-state index in [1.54, 1.807) is 0 Å². The Kier molecular flexibility index (Phi) is 11.8. The van der Waals surface area contributed by atoms with Crippen LogP contribution in [0, 0.1) is 0 Å². The molecule has 31 heavy (non-hydrogen) atoms. The van der Waals surface area contributed by atoms with Crippen LogP contribution < -0.4 is 0 Å². The molecule has 1 aromatic heterocycles. The third kappa shape index (κ3) is 8.69. The van der Waals surface area contributed by atoms with Crippen LogP contribution in [0.1, 0.15) is 94.1 Å². The van der Waals surface area contributed by atoms with Crippen molar-refractivity contribution in [1.82, 2.24) is 4.98 Å². The van der Waals surface area contributed by atoms with Crippen LogP contribution in [0.4, 0.5) is 5.69 Å². The molecule has 1 heterocycles. The van der Waals surface area contributed by atoms with E-state index in [0.717, 1.165) is 17.1 Å². The van der Waals surface area contributed by atoms with Crippen molar-refractivity contribution in [1.29, 1.82) is 0 Å². The Hall–Kier alpha value is -1.19. The van der Waals surface area contributed by atoms with Crippen LogP contribution in [0.3, 0.4) is 0 Å². The Morgan fingerprint density at radius 2 is 1.39 bits per heavy atom. The zero-order valence-electron chi connectivity index (χ0n) is 18.8. The Balaban J connectivity index is 0.00000107. The quantitative estimate of drug-likeness (QED) is 0.290. The van der Waals surface area contributed by atoms with Crippen LogP contribution in [0.5, 0.6) is 0 Å². The molecular formula is C25H33Cl2FeN3. The Morgan fingerprint density at radius 1 is 0.871 bits per heavy atom. The summed E-state index contributed by atoms with van der Waals surface area (Å²) >= 11 is 0.194. The van der Waals surface area contributed by atoms with Crippen molar-refractivity contribution in [2.45, 2.75) is 77.7 Å². The first kappa shape index (κ1) is 26.1. The molecule has 0 aliphatic heterocycles. The van der Waals surface area contributed by atoms with Crippen molar-refractivity contribution in [2.24, 2.45) is 9.98 Å². The molecule has 170 valence electrons. The van der Waals surface area contributed by atoms with Gasteiger partial charge >= 0.3 is 33.3 Å². The molecule has 0 bridgehead atoms. The van der Waals surface area contributed by atoms with E-state index in [4.69, 9.17) is 35.2 Å². The molecule has 0 unspecified atom stereocenters. The van der Waals surface area contributed by atoms with Crippen molar-refractivity contribution in [3.63, 3.8) is 0 Å². The first-order valence-electron chi connectivity index (χ1n) is 11.0. The maximum atomic E-state index is 4.88. The summed E-state index contributed by atoms with van der Waals surface area (Å²) in [5.74, 6) is 0.876. The second kappa shape index (κ2) is 14.1. The predicted molar refractivity (Wildman–Crippen MR) is 132 cm³/mol. The third-order valence-electron chi connectivity index (χ3n) is 5.45. The van der Waals surface area contributed by atoms with Gasteiger partial charge in [-0.15, -0.1) is 0 Å². The predicted octanol–water partition coefficient (Wildman–Crippen LogP) is 8.21. The maximum absolute atomic E-state index is 4.88. The molecule has 2 aromatic rings. The van der Waals surface area contributed by atoms with Crippen molar-refractivity contribution < 1.29 is 13.1 Å². The van der Waals surface area contributed by atoms with Gasteiger partial charge in [0, 0.05) is 6.21 Å². The van der Waals surface area contributed by atoms with Crippen LogP contribution in [0.15, 0.2) is 46.4 Å². The van der Waals surface area contributed by atoms with Gasteiger partial charge in [0.1, 0.15) is 0 Å². The summed E-state index contributed by atoms with van der Waals surface area (Å²) in [6.07, 6.45) is 10.2. The van der Waals surface area contributed by atoms with E-state index in [-0.39, 0.29) is 13.1 Å². The summed E-state index contributed by atoms with van der Waals surface area (Å²) in [6.45, 7) is 8.89. The number of hydrogen-bond acceptors (Lipinski definition) is 3. The van der Waals surface area contributed by atoms with Crippen molar-refractivity contribution >= 4 is 38.3 Å². The number of para-hydroxylation sites is 1. The number of halogens is 2. The van der Waals surface area contributed by atoms with Gasteiger partial charge in [-0.25, -0.2) is 4.98 Å². The van der Waals surface area contributed by atoms with Crippen LogP contribution in [0.2, 0.25) is 0 Å². The first-order chi connectivity index (χ1) is 15.0. The number of rotatable bonds is 6. The summed E-state index contributed by atoms with van der Waals surface area (Å²) in [7, 11) is 9.53. The number of aliphatic imine (C=N–C) groups is 2. The Labute approximate surface area is 202 Å². The van der Waals surface area contributed by atoms with Crippen molar-refractivity contribution in [3.8, 4) is 0 Å². The van der Waals surface area contributed by atoms with Crippen LogP contribution in [-0.4, -0.2) is 23.5 Å². The number of hydrogen-bond donors (Lipinski definition) is 0. The fourth-order valence-electron chi connectivity index (χ4n) is 3.82. The molecule has 1 aliphatic rings. The molecule has 1 fully saturated rings. The van der Waals surface area contributed by atoms with Gasteiger partial charge in [0.05, 0.1) is 29.3 Å². The number of benzene rings is 1. The molecule has 1 aromatic carbocycles. The molecule has 0 atom stereocenters. The van der Waals surface area contributed by atoms with E-state index in [9.17, 15) is 0 Å².